The van der Waals surface area contributed by atoms with Crippen LogP contribution in [0, 0.1) is 0 Å². The summed E-state index contributed by atoms with van der Waals surface area (Å²) in [6, 6.07) is 7.30. The van der Waals surface area contributed by atoms with Gasteiger partial charge in [-0.05, 0) is 19.1 Å². The quantitative estimate of drug-likeness (QED) is 0.630. The summed E-state index contributed by atoms with van der Waals surface area (Å²) in [4.78, 5) is 25.7. The highest BCUT2D eigenvalue weighted by Gasteiger charge is 2.34. The molecule has 21 heavy (non-hydrogen) atoms. The first-order chi connectivity index (χ1) is 10.0. The molecule has 5 nitrogen and oxygen atoms in total. The van der Waals surface area contributed by atoms with Crippen LogP contribution < -0.4 is 4.74 Å². The van der Waals surface area contributed by atoms with Crippen molar-refractivity contribution < 1.29 is 19.1 Å². The number of para-hydroxylation sites is 1. The van der Waals surface area contributed by atoms with E-state index in [1.165, 1.54) is 12.0 Å². The first-order valence-corrected chi connectivity index (χ1v) is 6.43. The highest BCUT2D eigenvalue weighted by atomic mass is 16.5. The fourth-order valence-electron chi connectivity index (χ4n) is 2.24. The second-order valence-electron chi connectivity index (χ2n) is 4.62. The summed E-state index contributed by atoms with van der Waals surface area (Å²) in [5.41, 5.74) is 1.91. The molecule has 0 fully saturated rings. The Morgan fingerprint density at radius 1 is 1.24 bits per heavy atom. The van der Waals surface area contributed by atoms with Gasteiger partial charge in [0.05, 0.1) is 25.4 Å². The van der Waals surface area contributed by atoms with Crippen molar-refractivity contribution in [2.24, 2.45) is 0 Å². The van der Waals surface area contributed by atoms with E-state index in [9.17, 15) is 9.59 Å². The number of esters is 1. The van der Waals surface area contributed by atoms with E-state index in [4.69, 9.17) is 9.47 Å². The van der Waals surface area contributed by atoms with E-state index >= 15 is 0 Å². The number of rotatable bonds is 3. The van der Waals surface area contributed by atoms with Gasteiger partial charge in [0.25, 0.3) is 5.91 Å². The van der Waals surface area contributed by atoms with Crippen molar-refractivity contribution in [1.82, 2.24) is 4.90 Å². The van der Waals surface area contributed by atoms with Crippen molar-refractivity contribution in [3.8, 4) is 5.75 Å². The minimum atomic E-state index is -0.522. The van der Waals surface area contributed by atoms with Crippen molar-refractivity contribution in [2.45, 2.75) is 6.92 Å². The van der Waals surface area contributed by atoms with Gasteiger partial charge in [-0.2, -0.15) is 0 Å². The van der Waals surface area contributed by atoms with E-state index < -0.39 is 5.97 Å². The number of nitrogens with zero attached hydrogens (tertiary/aromatic N) is 1. The second kappa shape index (κ2) is 5.83. The van der Waals surface area contributed by atoms with Crippen LogP contribution in [0.25, 0.3) is 6.08 Å². The predicted molar refractivity (Wildman–Crippen MR) is 78.5 cm³/mol. The van der Waals surface area contributed by atoms with Crippen molar-refractivity contribution in [2.75, 3.05) is 21.3 Å². The van der Waals surface area contributed by atoms with Gasteiger partial charge >= 0.3 is 5.97 Å². The van der Waals surface area contributed by atoms with Crippen LogP contribution in [0.1, 0.15) is 12.5 Å². The van der Waals surface area contributed by atoms with Crippen molar-refractivity contribution in [3.05, 3.63) is 46.7 Å². The zero-order chi connectivity index (χ0) is 15.6. The third-order valence-electron chi connectivity index (χ3n) is 3.50. The molecule has 0 saturated heterocycles. The van der Waals surface area contributed by atoms with E-state index in [1.54, 1.807) is 33.2 Å². The van der Waals surface area contributed by atoms with Gasteiger partial charge in [-0.15, -0.1) is 0 Å². The molecular weight excluding hydrogens is 270 g/mol. The first kappa shape index (κ1) is 14.8. The predicted octanol–water partition coefficient (Wildman–Crippen LogP) is 2.00. The summed E-state index contributed by atoms with van der Waals surface area (Å²) < 4.78 is 10.0. The number of hydrogen-bond acceptors (Lipinski definition) is 4. The van der Waals surface area contributed by atoms with Crippen LogP contribution in [0.2, 0.25) is 0 Å². The Morgan fingerprint density at radius 3 is 2.52 bits per heavy atom. The number of carbonyl (C=O) groups excluding carboxylic acids is 2. The molecule has 2 rings (SSSR count). The third-order valence-corrected chi connectivity index (χ3v) is 3.50. The number of carbonyl (C=O) groups is 2. The molecule has 0 aromatic heterocycles. The summed E-state index contributed by atoms with van der Waals surface area (Å²) in [7, 11) is 4.48. The number of benzene rings is 1. The van der Waals surface area contributed by atoms with Crippen LogP contribution in [0.3, 0.4) is 0 Å². The molecule has 0 radical (unpaired) electrons. The summed E-state index contributed by atoms with van der Waals surface area (Å²) in [5, 5.41) is 0. The summed E-state index contributed by atoms with van der Waals surface area (Å²) in [6.45, 7) is 1.72. The van der Waals surface area contributed by atoms with Gasteiger partial charge in [-0.3, -0.25) is 4.79 Å². The van der Waals surface area contributed by atoms with Crippen LogP contribution >= 0.6 is 0 Å². The Hall–Kier alpha value is -2.56. The average molecular weight is 287 g/mol. The fourth-order valence-corrected chi connectivity index (χ4v) is 2.24. The van der Waals surface area contributed by atoms with Crippen LogP contribution in [-0.2, 0) is 14.3 Å². The molecule has 1 heterocycles. The van der Waals surface area contributed by atoms with Gasteiger partial charge in [-0.25, -0.2) is 4.79 Å². The number of ether oxygens (including phenoxy) is 2. The van der Waals surface area contributed by atoms with Crippen molar-refractivity contribution in [3.63, 3.8) is 0 Å². The molecule has 0 aliphatic carbocycles. The minimum Gasteiger partial charge on any atom is -0.496 e. The molecule has 0 spiro atoms. The van der Waals surface area contributed by atoms with Gasteiger partial charge in [0, 0.05) is 18.3 Å². The second-order valence-corrected chi connectivity index (χ2v) is 4.62. The Kier molecular flexibility index (Phi) is 4.12. The van der Waals surface area contributed by atoms with Gasteiger partial charge in [0.15, 0.2) is 0 Å². The highest BCUT2D eigenvalue weighted by Crippen LogP contribution is 2.32. The largest absolute Gasteiger partial charge is 0.496 e. The van der Waals surface area contributed by atoms with Gasteiger partial charge in [0.2, 0.25) is 0 Å². The standard InChI is InChI=1S/C16H17NO4/c1-10-14(16(19)21-4)12(15(18)17(10)2)9-11-7-5-6-8-13(11)20-3/h5-9H,1-4H3/b12-9+. The maximum absolute atomic E-state index is 12.3. The average Bonchev–Trinajstić information content (AvgIpc) is 2.71. The lowest BCUT2D eigenvalue weighted by atomic mass is 10.0. The molecule has 1 aromatic carbocycles. The van der Waals surface area contributed by atoms with E-state index in [-0.39, 0.29) is 11.5 Å². The number of amides is 1. The molecule has 0 unspecified atom stereocenters. The molecule has 0 atom stereocenters. The highest BCUT2D eigenvalue weighted by molar-refractivity contribution is 6.16. The molecule has 1 aliphatic rings. The third kappa shape index (κ3) is 2.54. The lowest BCUT2D eigenvalue weighted by Crippen LogP contribution is -2.19. The first-order valence-electron chi connectivity index (χ1n) is 6.43. The van der Waals surface area contributed by atoms with E-state index in [0.717, 1.165) is 5.56 Å². The Morgan fingerprint density at radius 2 is 1.90 bits per heavy atom. The maximum Gasteiger partial charge on any atom is 0.340 e. The molecular formula is C16H17NO4. The van der Waals surface area contributed by atoms with Crippen molar-refractivity contribution >= 4 is 18.0 Å². The molecule has 0 saturated carbocycles. The maximum atomic E-state index is 12.3. The van der Waals surface area contributed by atoms with Gasteiger partial charge in [-0.1, -0.05) is 18.2 Å². The van der Waals surface area contributed by atoms with Crippen LogP contribution in [0.4, 0.5) is 0 Å². The lowest BCUT2D eigenvalue weighted by Gasteiger charge is -2.09. The van der Waals surface area contributed by atoms with Gasteiger partial charge in [0.1, 0.15) is 5.75 Å². The Bertz CT molecular complexity index is 658. The van der Waals surface area contributed by atoms with Crippen molar-refractivity contribution in [1.29, 1.82) is 0 Å². The monoisotopic (exact) mass is 287 g/mol. The van der Waals surface area contributed by atoms with E-state index in [2.05, 4.69) is 0 Å². The molecule has 0 N–H and O–H groups in total. The molecule has 110 valence electrons. The normalized spacial score (nSPS) is 16.7. The number of likely N-dealkylation sites (N-methyl/N-ethyl adjacent to an activating group) is 1. The van der Waals surface area contributed by atoms with E-state index in [0.29, 0.717) is 17.0 Å². The zero-order valence-electron chi connectivity index (χ0n) is 12.5. The smallest absolute Gasteiger partial charge is 0.340 e. The molecule has 1 amide bonds. The lowest BCUT2D eigenvalue weighted by molar-refractivity contribution is -0.136. The van der Waals surface area contributed by atoms with Gasteiger partial charge < -0.3 is 14.4 Å². The molecule has 1 aromatic rings. The molecule has 0 bridgehead atoms. The number of allylic oxidation sites excluding steroid dienone is 1. The number of methoxy groups -OCH3 is 2. The van der Waals surface area contributed by atoms with Crippen LogP contribution in [-0.4, -0.2) is 38.0 Å². The SMILES string of the molecule is COC(=O)C1=C(C)N(C)C(=O)/C1=C/c1ccccc1OC. The topological polar surface area (TPSA) is 55.8 Å². The van der Waals surface area contributed by atoms with Crippen LogP contribution in [0.5, 0.6) is 5.75 Å². The molecule has 1 aliphatic heterocycles. The fraction of sp³-hybridized carbons (Fsp3) is 0.250. The Balaban J connectivity index is 2.57. The van der Waals surface area contributed by atoms with Crippen LogP contribution in [0.15, 0.2) is 41.1 Å². The zero-order valence-corrected chi connectivity index (χ0v) is 12.5. The summed E-state index contributed by atoms with van der Waals surface area (Å²) in [5.74, 6) is -0.126. The van der Waals surface area contributed by atoms with E-state index in [1.807, 2.05) is 18.2 Å². The minimum absolute atomic E-state index is 0.237. The number of hydrogen-bond donors (Lipinski definition) is 0. The molecule has 5 heteroatoms. The summed E-state index contributed by atoms with van der Waals surface area (Å²) >= 11 is 0. The summed E-state index contributed by atoms with van der Waals surface area (Å²) in [6.07, 6.45) is 1.65. The Labute approximate surface area is 123 Å².